The largest absolute Gasteiger partial charge is 0.337 e. The van der Waals surface area contributed by atoms with E-state index in [0.29, 0.717) is 12.2 Å². The molecular formula is C14H17N5O4. The average molecular weight is 319 g/mol. The summed E-state index contributed by atoms with van der Waals surface area (Å²) in [5, 5.41) is 3.71. The Bertz CT molecular complexity index is 851. The SMILES string of the molecule is C=CCn1c(=O)n(CC=C)c(=O)n(Cc2nc(CC)no2)c1=O. The summed E-state index contributed by atoms with van der Waals surface area (Å²) in [6, 6.07) is 0. The second kappa shape index (κ2) is 6.86. The summed E-state index contributed by atoms with van der Waals surface area (Å²) in [6.07, 6.45) is 3.37. The van der Waals surface area contributed by atoms with Gasteiger partial charge in [0.1, 0.15) is 6.54 Å². The first-order chi connectivity index (χ1) is 11.0. The Kier molecular flexibility index (Phi) is 4.89. The van der Waals surface area contributed by atoms with Crippen molar-refractivity contribution >= 4 is 0 Å². The Labute approximate surface area is 130 Å². The van der Waals surface area contributed by atoms with Gasteiger partial charge in [-0.3, -0.25) is 0 Å². The van der Waals surface area contributed by atoms with Crippen LogP contribution in [-0.2, 0) is 26.1 Å². The van der Waals surface area contributed by atoms with Gasteiger partial charge in [0.05, 0.1) is 13.1 Å². The highest BCUT2D eigenvalue weighted by atomic mass is 16.5. The number of rotatable bonds is 7. The predicted molar refractivity (Wildman–Crippen MR) is 82.4 cm³/mol. The van der Waals surface area contributed by atoms with Crippen LogP contribution in [0.25, 0.3) is 0 Å². The molecule has 2 aromatic heterocycles. The molecule has 0 aromatic carbocycles. The molecule has 9 nitrogen and oxygen atoms in total. The van der Waals surface area contributed by atoms with Gasteiger partial charge in [-0.1, -0.05) is 24.2 Å². The fourth-order valence-corrected chi connectivity index (χ4v) is 2.02. The third-order valence-corrected chi connectivity index (χ3v) is 3.13. The molecule has 0 atom stereocenters. The molecule has 0 unspecified atom stereocenters. The minimum Gasteiger partial charge on any atom is -0.337 e. The van der Waals surface area contributed by atoms with Crippen LogP contribution in [0.4, 0.5) is 0 Å². The summed E-state index contributed by atoms with van der Waals surface area (Å²) in [6.45, 7) is 8.63. The van der Waals surface area contributed by atoms with Crippen molar-refractivity contribution in [2.45, 2.75) is 33.0 Å². The second-order valence-corrected chi connectivity index (χ2v) is 4.69. The van der Waals surface area contributed by atoms with Gasteiger partial charge in [0.2, 0.25) is 5.89 Å². The number of hydrogen-bond acceptors (Lipinski definition) is 6. The standard InChI is InChI=1S/C14H17N5O4/c1-4-7-17-12(20)18(8-5-2)14(22)19(13(17)21)9-11-15-10(6-3)16-23-11/h4-5H,1-2,6-9H2,3H3. The highest BCUT2D eigenvalue weighted by Crippen LogP contribution is 1.98. The lowest BCUT2D eigenvalue weighted by atomic mass is 10.5. The van der Waals surface area contributed by atoms with Gasteiger partial charge in [0, 0.05) is 6.42 Å². The minimum atomic E-state index is -0.753. The van der Waals surface area contributed by atoms with E-state index in [9.17, 15) is 14.4 Å². The Morgan fingerprint density at radius 3 is 1.96 bits per heavy atom. The molecule has 2 rings (SSSR count). The molecule has 0 saturated carbocycles. The number of allylic oxidation sites excluding steroid dienone is 2. The number of hydrogen-bond donors (Lipinski definition) is 0. The molecule has 2 heterocycles. The van der Waals surface area contributed by atoms with Gasteiger partial charge < -0.3 is 4.52 Å². The van der Waals surface area contributed by atoms with Crippen LogP contribution in [0.1, 0.15) is 18.6 Å². The summed E-state index contributed by atoms with van der Waals surface area (Å²) < 4.78 is 7.70. The van der Waals surface area contributed by atoms with Crippen LogP contribution in [-0.4, -0.2) is 23.8 Å². The van der Waals surface area contributed by atoms with E-state index in [4.69, 9.17) is 4.52 Å². The average Bonchev–Trinajstić information content (AvgIpc) is 3.00. The highest BCUT2D eigenvalue weighted by Gasteiger charge is 2.16. The van der Waals surface area contributed by atoms with E-state index >= 15 is 0 Å². The molecule has 0 aliphatic heterocycles. The van der Waals surface area contributed by atoms with Crippen LogP contribution in [0, 0.1) is 0 Å². The van der Waals surface area contributed by atoms with Gasteiger partial charge in [-0.2, -0.15) is 4.98 Å². The van der Waals surface area contributed by atoms with Gasteiger partial charge in [0.25, 0.3) is 0 Å². The zero-order chi connectivity index (χ0) is 17.0. The lowest BCUT2D eigenvalue weighted by Crippen LogP contribution is -2.54. The van der Waals surface area contributed by atoms with E-state index in [-0.39, 0.29) is 25.5 Å². The summed E-state index contributed by atoms with van der Waals surface area (Å²) in [7, 11) is 0. The number of aromatic nitrogens is 5. The Hall–Kier alpha value is -2.97. The summed E-state index contributed by atoms with van der Waals surface area (Å²) in [5.41, 5.74) is -2.22. The smallest absolute Gasteiger partial charge is 0.337 e. The van der Waals surface area contributed by atoms with Crippen LogP contribution in [0.5, 0.6) is 0 Å². The molecular weight excluding hydrogens is 302 g/mol. The monoisotopic (exact) mass is 319 g/mol. The lowest BCUT2D eigenvalue weighted by Gasteiger charge is -2.10. The first-order valence-corrected chi connectivity index (χ1v) is 7.01. The molecule has 0 N–H and O–H groups in total. The molecule has 0 aliphatic rings. The second-order valence-electron chi connectivity index (χ2n) is 4.69. The van der Waals surface area contributed by atoms with Crippen LogP contribution < -0.4 is 17.1 Å². The molecule has 0 spiro atoms. The van der Waals surface area contributed by atoms with Crippen molar-refractivity contribution in [2.24, 2.45) is 0 Å². The van der Waals surface area contributed by atoms with Crippen molar-refractivity contribution in [1.82, 2.24) is 23.8 Å². The molecule has 0 saturated heterocycles. The van der Waals surface area contributed by atoms with Crippen LogP contribution in [0.3, 0.4) is 0 Å². The van der Waals surface area contributed by atoms with Gasteiger partial charge >= 0.3 is 17.1 Å². The fourth-order valence-electron chi connectivity index (χ4n) is 2.02. The molecule has 0 bridgehead atoms. The molecule has 9 heteroatoms. The number of aryl methyl sites for hydroxylation is 1. The molecule has 122 valence electrons. The zero-order valence-corrected chi connectivity index (χ0v) is 12.8. The predicted octanol–water partition coefficient (Wildman–Crippen LogP) is -0.463. The maximum atomic E-state index is 12.4. The van der Waals surface area contributed by atoms with Gasteiger partial charge in [-0.05, 0) is 0 Å². The molecule has 0 fully saturated rings. The summed E-state index contributed by atoms with van der Waals surface area (Å²) in [4.78, 5) is 41.1. The molecule has 23 heavy (non-hydrogen) atoms. The highest BCUT2D eigenvalue weighted by molar-refractivity contribution is 4.90. The topological polar surface area (TPSA) is 105 Å². The van der Waals surface area contributed by atoms with E-state index in [1.54, 1.807) is 0 Å². The van der Waals surface area contributed by atoms with Crippen LogP contribution in [0.2, 0.25) is 0 Å². The lowest BCUT2D eigenvalue weighted by molar-refractivity contribution is 0.356. The Morgan fingerprint density at radius 1 is 1.00 bits per heavy atom. The van der Waals surface area contributed by atoms with Crippen molar-refractivity contribution in [3.05, 3.63) is 68.5 Å². The molecule has 0 amide bonds. The van der Waals surface area contributed by atoms with Gasteiger partial charge in [0.15, 0.2) is 5.82 Å². The van der Waals surface area contributed by atoms with E-state index in [2.05, 4.69) is 23.3 Å². The first kappa shape index (κ1) is 16.4. The third-order valence-electron chi connectivity index (χ3n) is 3.13. The van der Waals surface area contributed by atoms with Crippen molar-refractivity contribution in [2.75, 3.05) is 0 Å². The maximum absolute atomic E-state index is 12.4. The zero-order valence-electron chi connectivity index (χ0n) is 12.8. The van der Waals surface area contributed by atoms with E-state index in [1.807, 2.05) is 6.92 Å². The van der Waals surface area contributed by atoms with Gasteiger partial charge in [-0.15, -0.1) is 13.2 Å². The maximum Gasteiger partial charge on any atom is 0.337 e. The van der Waals surface area contributed by atoms with E-state index < -0.39 is 17.1 Å². The van der Waals surface area contributed by atoms with Gasteiger partial charge in [-0.25, -0.2) is 28.1 Å². The third kappa shape index (κ3) is 3.12. The quantitative estimate of drug-likeness (QED) is 0.639. The van der Waals surface area contributed by atoms with Crippen molar-refractivity contribution in [3.8, 4) is 0 Å². The Morgan fingerprint density at radius 2 is 1.52 bits per heavy atom. The minimum absolute atomic E-state index is 0.0147. The van der Waals surface area contributed by atoms with Crippen LogP contribution >= 0.6 is 0 Å². The normalized spacial score (nSPS) is 10.7. The summed E-state index contributed by atoms with van der Waals surface area (Å²) in [5.74, 6) is 0.592. The van der Waals surface area contributed by atoms with Crippen molar-refractivity contribution in [1.29, 1.82) is 0 Å². The Balaban J connectivity index is 2.63. The van der Waals surface area contributed by atoms with E-state index in [0.717, 1.165) is 13.7 Å². The molecule has 0 radical (unpaired) electrons. The number of nitrogens with zero attached hydrogens (tertiary/aromatic N) is 5. The summed E-state index contributed by atoms with van der Waals surface area (Å²) >= 11 is 0. The fraction of sp³-hybridized carbons (Fsp3) is 0.357. The first-order valence-electron chi connectivity index (χ1n) is 7.01. The van der Waals surface area contributed by atoms with E-state index in [1.165, 1.54) is 12.2 Å². The van der Waals surface area contributed by atoms with Crippen LogP contribution in [0.15, 0.2) is 44.2 Å². The van der Waals surface area contributed by atoms with Crippen molar-refractivity contribution in [3.63, 3.8) is 0 Å². The van der Waals surface area contributed by atoms with Crippen molar-refractivity contribution < 1.29 is 4.52 Å². The molecule has 2 aromatic rings. The molecule has 0 aliphatic carbocycles.